The lowest BCUT2D eigenvalue weighted by Gasteiger charge is -2.19. The second-order valence-electron chi connectivity index (χ2n) is 7.99. The molecule has 1 aliphatic rings. The molecule has 0 bridgehead atoms. The standard InChI is InChI=1S/C27H28N2O3/c1-3-24(20-7-5-4-6-8-20)26(30)28-18-19-9-10-21-15-16-29(25(21)17-19)27(31)22-11-13-23(32-2)14-12-22/h4-14,17,24H,3,15-16,18H2,1-2H3,(H,28,30)/t24-/m0/s1. The highest BCUT2D eigenvalue weighted by Crippen LogP contribution is 2.31. The smallest absolute Gasteiger partial charge is 0.258 e. The number of anilines is 1. The fraction of sp³-hybridized carbons (Fsp3) is 0.259. The van der Waals surface area contributed by atoms with Crippen molar-refractivity contribution < 1.29 is 14.3 Å². The molecule has 0 aromatic heterocycles. The molecule has 1 atom stereocenters. The van der Waals surface area contributed by atoms with Crippen LogP contribution in [0.5, 0.6) is 5.75 Å². The first-order chi connectivity index (χ1) is 15.6. The average Bonchev–Trinajstić information content (AvgIpc) is 3.27. The molecule has 32 heavy (non-hydrogen) atoms. The monoisotopic (exact) mass is 428 g/mol. The van der Waals surface area contributed by atoms with Gasteiger partial charge in [0, 0.05) is 24.3 Å². The molecule has 0 saturated carbocycles. The van der Waals surface area contributed by atoms with Crippen molar-refractivity contribution >= 4 is 17.5 Å². The molecule has 1 heterocycles. The topological polar surface area (TPSA) is 58.6 Å². The van der Waals surface area contributed by atoms with Crippen molar-refractivity contribution in [1.29, 1.82) is 0 Å². The van der Waals surface area contributed by atoms with Crippen molar-refractivity contribution in [3.63, 3.8) is 0 Å². The lowest BCUT2D eigenvalue weighted by molar-refractivity contribution is -0.122. The molecule has 3 aromatic carbocycles. The van der Waals surface area contributed by atoms with Crippen LogP contribution in [0.15, 0.2) is 72.8 Å². The molecule has 4 rings (SSSR count). The molecule has 0 radical (unpaired) electrons. The van der Waals surface area contributed by atoms with Gasteiger partial charge in [0.1, 0.15) is 5.75 Å². The van der Waals surface area contributed by atoms with Gasteiger partial charge in [-0.1, -0.05) is 49.4 Å². The molecule has 1 aliphatic heterocycles. The van der Waals surface area contributed by atoms with Crippen molar-refractivity contribution in [1.82, 2.24) is 5.32 Å². The molecule has 164 valence electrons. The average molecular weight is 429 g/mol. The minimum Gasteiger partial charge on any atom is -0.497 e. The van der Waals surface area contributed by atoms with Crippen LogP contribution in [0, 0.1) is 0 Å². The molecule has 0 aliphatic carbocycles. The second-order valence-corrected chi connectivity index (χ2v) is 7.99. The van der Waals surface area contributed by atoms with Crippen LogP contribution in [0.4, 0.5) is 5.69 Å². The lowest BCUT2D eigenvalue weighted by atomic mass is 9.95. The number of nitrogens with one attached hydrogen (secondary N) is 1. The Balaban J connectivity index is 1.46. The molecule has 0 saturated heterocycles. The Morgan fingerprint density at radius 1 is 1.03 bits per heavy atom. The molecule has 0 spiro atoms. The van der Waals surface area contributed by atoms with Crippen LogP contribution in [-0.2, 0) is 17.8 Å². The second kappa shape index (κ2) is 9.69. The summed E-state index contributed by atoms with van der Waals surface area (Å²) in [5, 5.41) is 3.07. The van der Waals surface area contributed by atoms with E-state index in [0.717, 1.165) is 41.0 Å². The summed E-state index contributed by atoms with van der Waals surface area (Å²) in [5.74, 6) is 0.550. The summed E-state index contributed by atoms with van der Waals surface area (Å²) in [4.78, 5) is 27.7. The third kappa shape index (κ3) is 4.52. The summed E-state index contributed by atoms with van der Waals surface area (Å²) in [5.41, 5.74) is 4.71. The van der Waals surface area contributed by atoms with Crippen LogP contribution in [0.3, 0.4) is 0 Å². The minimum atomic E-state index is -0.168. The highest BCUT2D eigenvalue weighted by atomic mass is 16.5. The van der Waals surface area contributed by atoms with Gasteiger partial charge in [0.15, 0.2) is 0 Å². The van der Waals surface area contributed by atoms with Crippen molar-refractivity contribution in [3.05, 3.63) is 95.1 Å². The van der Waals surface area contributed by atoms with Gasteiger partial charge in [0.2, 0.25) is 5.91 Å². The predicted molar refractivity (Wildman–Crippen MR) is 126 cm³/mol. The summed E-state index contributed by atoms with van der Waals surface area (Å²) < 4.78 is 5.19. The molecule has 1 N–H and O–H groups in total. The van der Waals surface area contributed by atoms with Crippen molar-refractivity contribution in [2.24, 2.45) is 0 Å². The summed E-state index contributed by atoms with van der Waals surface area (Å²) in [7, 11) is 1.61. The van der Waals surface area contributed by atoms with E-state index in [0.29, 0.717) is 18.7 Å². The normalized spacial score (nSPS) is 13.4. The maximum atomic E-state index is 13.1. The van der Waals surface area contributed by atoms with Crippen LogP contribution in [-0.4, -0.2) is 25.5 Å². The molecule has 5 heteroatoms. The quantitative estimate of drug-likeness (QED) is 0.593. The molecule has 2 amide bonds. The highest BCUT2D eigenvalue weighted by Gasteiger charge is 2.26. The number of rotatable bonds is 7. The van der Waals surface area contributed by atoms with Crippen molar-refractivity contribution in [3.8, 4) is 5.75 Å². The van der Waals surface area contributed by atoms with Gasteiger partial charge >= 0.3 is 0 Å². The first kappa shape index (κ1) is 21.6. The van der Waals surface area contributed by atoms with Gasteiger partial charge in [-0.15, -0.1) is 0 Å². The molecule has 3 aromatic rings. The van der Waals surface area contributed by atoms with E-state index in [2.05, 4.69) is 11.4 Å². The summed E-state index contributed by atoms with van der Waals surface area (Å²) >= 11 is 0. The number of amides is 2. The molecule has 5 nitrogen and oxygen atoms in total. The van der Waals surface area contributed by atoms with Crippen LogP contribution >= 0.6 is 0 Å². The zero-order valence-electron chi connectivity index (χ0n) is 18.5. The fourth-order valence-corrected chi connectivity index (χ4v) is 4.21. The first-order valence-electron chi connectivity index (χ1n) is 11.0. The van der Waals surface area contributed by atoms with Gasteiger partial charge in [-0.05, 0) is 59.9 Å². The first-order valence-corrected chi connectivity index (χ1v) is 11.0. The number of nitrogens with zero attached hydrogens (tertiary/aromatic N) is 1. The summed E-state index contributed by atoms with van der Waals surface area (Å²) in [6.45, 7) is 3.11. The number of carbonyl (C=O) groups excluding carboxylic acids is 2. The number of benzene rings is 3. The maximum absolute atomic E-state index is 13.1. The van der Waals surface area contributed by atoms with Crippen molar-refractivity contribution in [2.75, 3.05) is 18.6 Å². The molecule has 0 unspecified atom stereocenters. The highest BCUT2D eigenvalue weighted by molar-refractivity contribution is 6.07. The van der Waals surface area contributed by atoms with Crippen LogP contribution in [0.1, 0.15) is 46.3 Å². The fourth-order valence-electron chi connectivity index (χ4n) is 4.21. The molecular formula is C27H28N2O3. The van der Waals surface area contributed by atoms with E-state index in [4.69, 9.17) is 4.74 Å². The maximum Gasteiger partial charge on any atom is 0.258 e. The van der Waals surface area contributed by atoms with Gasteiger partial charge < -0.3 is 15.0 Å². The van der Waals surface area contributed by atoms with E-state index in [1.54, 1.807) is 31.4 Å². The van der Waals surface area contributed by atoms with E-state index in [1.165, 1.54) is 0 Å². The number of methoxy groups -OCH3 is 1. The van der Waals surface area contributed by atoms with E-state index >= 15 is 0 Å². The SMILES string of the molecule is CC[C@H](C(=O)NCc1ccc2c(c1)N(C(=O)c1ccc(OC)cc1)CC2)c1ccccc1. The minimum absolute atomic E-state index is 0.0189. The number of fused-ring (bicyclic) bond motifs is 1. The predicted octanol–water partition coefficient (Wildman–Crippen LogP) is 4.71. The Hall–Kier alpha value is -3.60. The summed E-state index contributed by atoms with van der Waals surface area (Å²) in [6, 6.07) is 23.1. The van der Waals surface area contributed by atoms with Crippen molar-refractivity contribution in [2.45, 2.75) is 32.2 Å². The largest absolute Gasteiger partial charge is 0.497 e. The third-order valence-corrected chi connectivity index (χ3v) is 6.02. The number of hydrogen-bond acceptors (Lipinski definition) is 3. The third-order valence-electron chi connectivity index (χ3n) is 6.02. The van der Waals surface area contributed by atoms with Gasteiger partial charge in [-0.2, -0.15) is 0 Å². The summed E-state index contributed by atoms with van der Waals surface area (Å²) in [6.07, 6.45) is 1.57. The van der Waals surface area contributed by atoms with E-state index in [-0.39, 0.29) is 17.7 Å². The number of ether oxygens (including phenoxy) is 1. The van der Waals surface area contributed by atoms with Gasteiger partial charge in [-0.25, -0.2) is 0 Å². The van der Waals surface area contributed by atoms with Gasteiger partial charge in [0.05, 0.1) is 13.0 Å². The van der Waals surface area contributed by atoms with Crippen LogP contribution in [0.25, 0.3) is 0 Å². The zero-order chi connectivity index (χ0) is 22.5. The Bertz CT molecular complexity index is 1090. The van der Waals surface area contributed by atoms with Crippen LogP contribution < -0.4 is 15.0 Å². The Morgan fingerprint density at radius 3 is 2.47 bits per heavy atom. The molecule has 0 fully saturated rings. The zero-order valence-corrected chi connectivity index (χ0v) is 18.5. The van der Waals surface area contributed by atoms with Gasteiger partial charge in [0.25, 0.3) is 5.91 Å². The van der Waals surface area contributed by atoms with Crippen LogP contribution in [0.2, 0.25) is 0 Å². The number of carbonyl (C=O) groups is 2. The number of hydrogen-bond donors (Lipinski definition) is 1. The Labute approximate surface area is 189 Å². The Kier molecular flexibility index (Phi) is 6.55. The van der Waals surface area contributed by atoms with E-state index < -0.39 is 0 Å². The molecular weight excluding hydrogens is 400 g/mol. The van der Waals surface area contributed by atoms with E-state index in [9.17, 15) is 9.59 Å². The van der Waals surface area contributed by atoms with E-state index in [1.807, 2.05) is 54.3 Å². The van der Waals surface area contributed by atoms with Gasteiger partial charge in [-0.3, -0.25) is 9.59 Å². The Morgan fingerprint density at radius 2 is 1.78 bits per heavy atom. The lowest BCUT2D eigenvalue weighted by Crippen LogP contribution is -2.30.